The van der Waals surface area contributed by atoms with Gasteiger partial charge in [-0.25, -0.2) is 24.5 Å². The second kappa shape index (κ2) is 26.7. The number of non-ortho nitro benzene ring substituents is 1. The van der Waals surface area contributed by atoms with Crippen molar-refractivity contribution in [3.63, 3.8) is 0 Å². The Morgan fingerprint density at radius 1 is 0.805 bits per heavy atom. The van der Waals surface area contributed by atoms with Crippen molar-refractivity contribution in [3.05, 3.63) is 148 Å². The second-order valence-corrected chi connectivity index (χ2v) is 33.3. The van der Waals surface area contributed by atoms with Gasteiger partial charge in [-0.15, -0.1) is 0 Å². The zero-order chi connectivity index (χ0) is 59.7. The standard InChI is InChI=1S/C60H81N7O13Si2/c1-38(2)82(39(3)4,40(5)6)78-37-76-53-52(68)49(34-77-60(43-18-16-15-17-19-43,44-22-28-47(73-11)29-23-44)45-24-30-48(74-12)31-25-45)79-56(53)66-36-63-51-54(61-35-62-55(51)66)65-58(70)64-50(41(7)80-81(13,14)59(8,9)10)57(69)75-33-32-42-20-26-46(27-21-42)67(71)72/h15-31,35-36,38-41,49-50,52-53,56,68H,32-34,37H2,1-14H3,(H2,61,62,64,65,70)/t41-,49-,50+,52-,53-,56-/m1/s1. The molecule has 2 aromatic heterocycles. The minimum atomic E-state index is -2.49. The van der Waals surface area contributed by atoms with Crippen LogP contribution in [0.3, 0.4) is 0 Å². The van der Waals surface area contributed by atoms with Gasteiger partial charge in [-0.3, -0.25) is 20.0 Å². The molecule has 0 bridgehead atoms. The number of nitrogens with one attached hydrogen (secondary N) is 2. The van der Waals surface area contributed by atoms with Gasteiger partial charge < -0.3 is 47.7 Å². The fourth-order valence-corrected chi connectivity index (χ4v) is 17.6. The summed E-state index contributed by atoms with van der Waals surface area (Å²) in [7, 11) is -1.73. The number of fused-ring (bicyclic) bond motifs is 1. The first-order chi connectivity index (χ1) is 38.9. The lowest BCUT2D eigenvalue weighted by Crippen LogP contribution is -2.55. The third-order valence-corrected chi connectivity index (χ3v) is 26.8. The zero-order valence-electron chi connectivity index (χ0n) is 49.6. The molecular formula is C60H81N7O13Si2. The number of ether oxygens (including phenoxy) is 6. The molecule has 442 valence electrons. The van der Waals surface area contributed by atoms with Crippen molar-refractivity contribution in [1.29, 1.82) is 0 Å². The number of nitro benzene ring substituents is 1. The Morgan fingerprint density at radius 3 is 1.91 bits per heavy atom. The van der Waals surface area contributed by atoms with Crippen LogP contribution in [0.1, 0.15) is 97.7 Å². The molecule has 3 heterocycles. The lowest BCUT2D eigenvalue weighted by molar-refractivity contribution is -0.384. The molecule has 6 aromatic rings. The van der Waals surface area contributed by atoms with Crippen molar-refractivity contribution in [2.24, 2.45) is 0 Å². The van der Waals surface area contributed by atoms with Crippen LogP contribution in [0, 0.1) is 10.1 Å². The number of rotatable bonds is 26. The van der Waals surface area contributed by atoms with Crippen molar-refractivity contribution in [1.82, 2.24) is 24.8 Å². The van der Waals surface area contributed by atoms with Gasteiger partial charge in [0, 0.05) is 18.6 Å². The molecule has 0 unspecified atom stereocenters. The number of anilines is 1. The van der Waals surface area contributed by atoms with Crippen LogP contribution in [-0.4, -0.2) is 123 Å². The number of nitrogens with zero attached hydrogens (tertiary/aromatic N) is 5. The molecule has 1 aliphatic heterocycles. The SMILES string of the molecule is COc1ccc(C(OC[C@H]2O[C@@H](n3cnc4c(NC(=O)N[C@H](C(=O)OCCc5ccc([N+](=O)[O-])cc5)[C@@H](C)O[Si](C)(C)C(C)(C)C)ncnc43)[C@H](OCO[Si](C(C)C)(C(C)C)C(C)C)[C@@H]2O)(c2ccccc2)c2ccc(OC)cc2)cc1. The molecule has 6 atom stereocenters. The third-order valence-electron chi connectivity index (χ3n) is 16.2. The van der Waals surface area contributed by atoms with E-state index in [1.165, 1.54) is 24.8 Å². The first-order valence-corrected chi connectivity index (χ1v) is 32.8. The smallest absolute Gasteiger partial charge is 0.331 e. The molecular weight excluding hydrogens is 1080 g/mol. The summed E-state index contributed by atoms with van der Waals surface area (Å²) in [6, 6.07) is 29.0. The van der Waals surface area contributed by atoms with Gasteiger partial charge in [0.1, 0.15) is 48.5 Å². The minimum Gasteiger partial charge on any atom is -0.497 e. The monoisotopic (exact) mass is 1160 g/mol. The number of carbonyl (C=O) groups is 2. The number of carbonyl (C=O) groups excluding carboxylic acids is 2. The number of esters is 1. The molecule has 0 aliphatic carbocycles. The number of benzene rings is 4. The minimum absolute atomic E-state index is 0.0111. The van der Waals surface area contributed by atoms with Crippen molar-refractivity contribution < 1.29 is 56.9 Å². The molecule has 1 aliphatic rings. The number of hydrogen-bond donors (Lipinski definition) is 3. The van der Waals surface area contributed by atoms with Gasteiger partial charge in [-0.1, -0.05) is 129 Å². The quantitative estimate of drug-likeness (QED) is 0.0114. The summed E-state index contributed by atoms with van der Waals surface area (Å²) in [6.07, 6.45) is -2.21. The third kappa shape index (κ3) is 13.7. The second-order valence-electron chi connectivity index (χ2n) is 23.1. The summed E-state index contributed by atoms with van der Waals surface area (Å²) in [5, 5.41) is 29.1. The number of methoxy groups -OCH3 is 2. The highest BCUT2D eigenvalue weighted by molar-refractivity contribution is 6.77. The number of aliphatic hydroxyl groups excluding tert-OH is 1. The van der Waals surface area contributed by atoms with Crippen LogP contribution in [0.25, 0.3) is 11.2 Å². The van der Waals surface area contributed by atoms with Crippen LogP contribution >= 0.6 is 0 Å². The Balaban J connectivity index is 1.20. The summed E-state index contributed by atoms with van der Waals surface area (Å²) in [6.45, 7) is 24.8. The fourth-order valence-electron chi connectivity index (χ4n) is 10.9. The highest BCUT2D eigenvalue weighted by atomic mass is 28.4. The van der Waals surface area contributed by atoms with Gasteiger partial charge in [0.25, 0.3) is 5.69 Å². The average Bonchev–Trinajstić information content (AvgIpc) is 3.27. The molecule has 3 N–H and O–H groups in total. The molecule has 0 radical (unpaired) electrons. The van der Waals surface area contributed by atoms with E-state index in [2.05, 4.69) is 87.9 Å². The van der Waals surface area contributed by atoms with Crippen molar-refractivity contribution in [2.45, 2.75) is 153 Å². The number of aliphatic hydroxyl groups is 1. The molecule has 22 heteroatoms. The maximum atomic E-state index is 14.1. The molecule has 4 aromatic carbocycles. The van der Waals surface area contributed by atoms with Gasteiger partial charge >= 0.3 is 12.0 Å². The number of amides is 2. The number of aromatic nitrogens is 4. The van der Waals surface area contributed by atoms with Crippen LogP contribution in [0.4, 0.5) is 16.3 Å². The van der Waals surface area contributed by atoms with Gasteiger partial charge in [-0.05, 0) is 88.2 Å². The first kappa shape index (κ1) is 63.0. The Hall–Kier alpha value is -6.64. The summed E-state index contributed by atoms with van der Waals surface area (Å²) >= 11 is 0. The van der Waals surface area contributed by atoms with E-state index >= 15 is 0 Å². The lowest BCUT2D eigenvalue weighted by Gasteiger charge is -2.42. The normalized spacial score (nSPS) is 17.7. The number of hydrogen-bond acceptors (Lipinski definition) is 16. The Morgan fingerprint density at radius 2 is 1.38 bits per heavy atom. The Labute approximate surface area is 483 Å². The van der Waals surface area contributed by atoms with Crippen molar-refractivity contribution in [2.75, 3.05) is 39.5 Å². The highest BCUT2D eigenvalue weighted by Gasteiger charge is 2.50. The summed E-state index contributed by atoms with van der Waals surface area (Å²) in [5.74, 6) is 0.595. The topological polar surface area (TPSA) is 239 Å². The average molecular weight is 1160 g/mol. The largest absolute Gasteiger partial charge is 0.497 e. The van der Waals surface area contributed by atoms with Gasteiger partial charge in [0.05, 0.1) is 44.8 Å². The maximum absolute atomic E-state index is 14.1. The Bertz CT molecular complexity index is 3000. The molecule has 1 fully saturated rings. The maximum Gasteiger partial charge on any atom is 0.331 e. The first-order valence-electron chi connectivity index (χ1n) is 27.8. The van der Waals surface area contributed by atoms with Crippen LogP contribution in [0.15, 0.2) is 116 Å². The van der Waals surface area contributed by atoms with Crippen LogP contribution in [0.2, 0.25) is 34.8 Å². The van der Waals surface area contributed by atoms with Crippen LogP contribution in [0.5, 0.6) is 11.5 Å². The summed E-state index contributed by atoms with van der Waals surface area (Å²) in [5.41, 5.74) is 2.97. The highest BCUT2D eigenvalue weighted by Crippen LogP contribution is 2.45. The summed E-state index contributed by atoms with van der Waals surface area (Å²) < 4.78 is 52.8. The van der Waals surface area contributed by atoms with Gasteiger partial charge in [0.15, 0.2) is 37.6 Å². The predicted octanol–water partition coefficient (Wildman–Crippen LogP) is 11.2. The van der Waals surface area contributed by atoms with E-state index in [1.54, 1.807) is 37.8 Å². The van der Waals surface area contributed by atoms with E-state index in [0.717, 1.165) is 22.3 Å². The van der Waals surface area contributed by atoms with E-state index in [9.17, 15) is 24.8 Å². The lowest BCUT2D eigenvalue weighted by atomic mass is 9.80. The molecule has 0 spiro atoms. The van der Waals surface area contributed by atoms with Crippen molar-refractivity contribution in [3.8, 4) is 11.5 Å². The number of urea groups is 1. The molecule has 2 amide bonds. The molecule has 82 heavy (non-hydrogen) atoms. The van der Waals surface area contributed by atoms with Crippen molar-refractivity contribution >= 4 is 51.3 Å². The molecule has 20 nitrogen and oxygen atoms in total. The van der Waals surface area contributed by atoms with Crippen LogP contribution in [-0.2, 0) is 44.6 Å². The van der Waals surface area contributed by atoms with Crippen LogP contribution < -0.4 is 20.1 Å². The molecule has 1 saturated heterocycles. The van der Waals surface area contributed by atoms with E-state index in [-0.39, 0.29) is 70.8 Å². The van der Waals surface area contributed by atoms with E-state index in [1.807, 2.05) is 92.0 Å². The number of nitro groups is 1. The zero-order valence-corrected chi connectivity index (χ0v) is 51.6. The van der Waals surface area contributed by atoms with Gasteiger partial charge in [0.2, 0.25) is 8.32 Å². The molecule has 0 saturated carbocycles. The molecule has 7 rings (SSSR count). The Kier molecular flexibility index (Phi) is 20.5. The predicted molar refractivity (Wildman–Crippen MR) is 317 cm³/mol. The van der Waals surface area contributed by atoms with E-state index < -0.39 is 75.8 Å². The van der Waals surface area contributed by atoms with Gasteiger partial charge in [-0.2, -0.15) is 0 Å². The number of imidazole rings is 1. The van der Waals surface area contributed by atoms with E-state index in [0.29, 0.717) is 11.5 Å². The fraction of sp³-hybridized carbons (Fsp3) is 0.483. The van der Waals surface area contributed by atoms with E-state index in [4.69, 9.17) is 37.3 Å². The summed E-state index contributed by atoms with van der Waals surface area (Å²) in [4.78, 5) is 52.5.